The fraction of sp³-hybridized carbons (Fsp3) is 0.600. The second-order valence-electron chi connectivity index (χ2n) is 4.62. The fourth-order valence-corrected chi connectivity index (χ4v) is 4.42. The summed E-state index contributed by atoms with van der Waals surface area (Å²) in [6.45, 7) is 0. The van der Waals surface area contributed by atoms with Crippen LogP contribution in [0, 0.1) is 0 Å². The van der Waals surface area contributed by atoms with Gasteiger partial charge < -0.3 is 5.11 Å². The molecule has 1 aliphatic carbocycles. The van der Waals surface area contributed by atoms with Crippen molar-refractivity contribution >= 4 is 27.6 Å². The lowest BCUT2D eigenvalue weighted by Crippen LogP contribution is -2.52. The highest BCUT2D eigenvalue weighted by Crippen LogP contribution is 2.32. The Morgan fingerprint density at radius 2 is 2.11 bits per heavy atom. The fourth-order valence-electron chi connectivity index (χ4n) is 2.35. The maximum absolute atomic E-state index is 12.3. The van der Waals surface area contributed by atoms with Crippen LogP contribution in [0.5, 0.6) is 0 Å². The monoisotopic (exact) mass is 307 g/mol. The molecular formula is C10H14ClN3O4S. The van der Waals surface area contributed by atoms with Gasteiger partial charge in [-0.2, -0.15) is 9.82 Å². The summed E-state index contributed by atoms with van der Waals surface area (Å²) >= 11 is 5.79. The van der Waals surface area contributed by atoms with Gasteiger partial charge in [-0.15, -0.1) is 0 Å². The topological polar surface area (TPSA) is 101 Å². The first-order chi connectivity index (χ1) is 8.78. The van der Waals surface area contributed by atoms with Crippen LogP contribution in [0.15, 0.2) is 11.2 Å². The van der Waals surface area contributed by atoms with Crippen molar-refractivity contribution in [1.82, 2.24) is 14.5 Å². The molecule has 0 aliphatic heterocycles. The third kappa shape index (κ3) is 2.47. The zero-order valence-corrected chi connectivity index (χ0v) is 11.8. The number of aliphatic carboxylic acids is 1. The summed E-state index contributed by atoms with van der Waals surface area (Å²) < 4.78 is 27.9. The van der Waals surface area contributed by atoms with Gasteiger partial charge in [0.1, 0.15) is 5.54 Å². The van der Waals surface area contributed by atoms with Crippen LogP contribution < -0.4 is 4.72 Å². The summed E-state index contributed by atoms with van der Waals surface area (Å²) in [6, 6.07) is 0. The number of sulfonamides is 1. The SMILES string of the molecule is Cn1ncc(Cl)c1S(=O)(=O)NC1(C(=O)O)CCCC1. The predicted octanol–water partition coefficient (Wildman–Crippen LogP) is 0.749. The molecule has 7 nitrogen and oxygen atoms in total. The molecule has 0 amide bonds. The molecule has 0 atom stereocenters. The second kappa shape index (κ2) is 4.77. The summed E-state index contributed by atoms with van der Waals surface area (Å²) in [5.41, 5.74) is -1.44. The minimum absolute atomic E-state index is 0.0338. The molecule has 1 fully saturated rings. The average Bonchev–Trinajstić information content (AvgIpc) is 2.86. The van der Waals surface area contributed by atoms with E-state index in [2.05, 4.69) is 9.82 Å². The van der Waals surface area contributed by atoms with Gasteiger partial charge in [0, 0.05) is 7.05 Å². The smallest absolute Gasteiger partial charge is 0.324 e. The van der Waals surface area contributed by atoms with Crippen molar-refractivity contribution in [2.75, 3.05) is 0 Å². The number of aryl methyl sites for hydroxylation is 1. The number of carboxylic acids is 1. The summed E-state index contributed by atoms with van der Waals surface area (Å²) in [5.74, 6) is -1.16. The maximum Gasteiger partial charge on any atom is 0.324 e. The number of rotatable bonds is 4. The number of halogens is 1. The molecule has 1 aliphatic rings. The van der Waals surface area contributed by atoms with Gasteiger partial charge in [0.2, 0.25) is 0 Å². The van der Waals surface area contributed by atoms with Gasteiger partial charge in [-0.3, -0.25) is 9.48 Å². The molecule has 2 N–H and O–H groups in total. The number of carboxylic acid groups (broad SMARTS) is 1. The molecular weight excluding hydrogens is 294 g/mol. The van der Waals surface area contributed by atoms with Crippen molar-refractivity contribution in [2.45, 2.75) is 36.2 Å². The van der Waals surface area contributed by atoms with Crippen molar-refractivity contribution < 1.29 is 18.3 Å². The Hall–Kier alpha value is -1.12. The maximum atomic E-state index is 12.3. The molecule has 0 aromatic carbocycles. The zero-order chi connectivity index (χ0) is 14.3. The van der Waals surface area contributed by atoms with Gasteiger partial charge in [0.25, 0.3) is 10.0 Å². The minimum atomic E-state index is -4.03. The third-order valence-corrected chi connectivity index (χ3v) is 5.33. The van der Waals surface area contributed by atoms with Gasteiger partial charge in [-0.25, -0.2) is 8.42 Å². The van der Waals surface area contributed by atoms with Gasteiger partial charge in [0.15, 0.2) is 5.03 Å². The normalized spacial score (nSPS) is 18.6. The van der Waals surface area contributed by atoms with Crippen LogP contribution in [-0.4, -0.2) is 34.8 Å². The average molecular weight is 308 g/mol. The lowest BCUT2D eigenvalue weighted by Gasteiger charge is -2.24. The Balaban J connectivity index is 2.39. The van der Waals surface area contributed by atoms with E-state index in [0.29, 0.717) is 12.8 Å². The van der Waals surface area contributed by atoms with Gasteiger partial charge >= 0.3 is 5.97 Å². The molecule has 2 rings (SSSR count). The van der Waals surface area contributed by atoms with E-state index >= 15 is 0 Å². The van der Waals surface area contributed by atoms with Crippen molar-refractivity contribution in [2.24, 2.45) is 7.05 Å². The van der Waals surface area contributed by atoms with Crippen LogP contribution in [0.3, 0.4) is 0 Å². The largest absolute Gasteiger partial charge is 0.480 e. The lowest BCUT2D eigenvalue weighted by atomic mass is 10.0. The highest BCUT2D eigenvalue weighted by molar-refractivity contribution is 7.89. The first kappa shape index (κ1) is 14.3. The van der Waals surface area contributed by atoms with Crippen LogP contribution >= 0.6 is 11.6 Å². The van der Waals surface area contributed by atoms with Gasteiger partial charge in [-0.05, 0) is 12.8 Å². The molecule has 9 heteroatoms. The van der Waals surface area contributed by atoms with E-state index in [1.165, 1.54) is 13.2 Å². The number of aromatic nitrogens is 2. The van der Waals surface area contributed by atoms with E-state index in [9.17, 15) is 18.3 Å². The Bertz CT molecular complexity index is 585. The molecule has 1 aromatic heterocycles. The Kier molecular flexibility index (Phi) is 3.59. The lowest BCUT2D eigenvalue weighted by molar-refractivity contribution is -0.143. The molecule has 1 saturated carbocycles. The summed E-state index contributed by atoms with van der Waals surface area (Å²) in [4.78, 5) is 11.4. The van der Waals surface area contributed by atoms with Crippen LogP contribution in [0.4, 0.5) is 0 Å². The van der Waals surface area contributed by atoms with E-state index in [-0.39, 0.29) is 22.9 Å². The van der Waals surface area contributed by atoms with Crippen molar-refractivity contribution in [1.29, 1.82) is 0 Å². The van der Waals surface area contributed by atoms with Crippen LogP contribution in [0.25, 0.3) is 0 Å². The molecule has 0 radical (unpaired) electrons. The minimum Gasteiger partial charge on any atom is -0.480 e. The van der Waals surface area contributed by atoms with Crippen LogP contribution in [0.1, 0.15) is 25.7 Å². The quantitative estimate of drug-likeness (QED) is 0.854. The third-order valence-electron chi connectivity index (χ3n) is 3.29. The van der Waals surface area contributed by atoms with Gasteiger partial charge in [-0.1, -0.05) is 24.4 Å². The molecule has 0 bridgehead atoms. The van der Waals surface area contributed by atoms with Crippen molar-refractivity contribution in [3.05, 3.63) is 11.2 Å². The predicted molar refractivity (Wildman–Crippen MR) is 67.4 cm³/mol. The molecule has 19 heavy (non-hydrogen) atoms. The number of nitrogens with one attached hydrogen (secondary N) is 1. The van der Waals surface area contributed by atoms with E-state index in [0.717, 1.165) is 4.68 Å². The molecule has 0 unspecified atom stereocenters. The first-order valence-electron chi connectivity index (χ1n) is 5.73. The molecule has 1 aromatic rings. The highest BCUT2D eigenvalue weighted by atomic mass is 35.5. The molecule has 106 valence electrons. The Morgan fingerprint density at radius 1 is 1.53 bits per heavy atom. The number of hydrogen-bond acceptors (Lipinski definition) is 4. The van der Waals surface area contributed by atoms with E-state index in [1.54, 1.807) is 0 Å². The van der Waals surface area contributed by atoms with Crippen molar-refractivity contribution in [3.8, 4) is 0 Å². The summed E-state index contributed by atoms with van der Waals surface area (Å²) in [5, 5.41) is 12.8. The standard InChI is InChI=1S/C10H14ClN3O4S/c1-14-8(7(11)6-12-14)19(17,18)13-10(9(15)16)4-2-3-5-10/h6,13H,2-5H2,1H3,(H,15,16). The molecule has 0 saturated heterocycles. The number of nitrogens with zero attached hydrogens (tertiary/aromatic N) is 2. The van der Waals surface area contributed by atoms with Crippen molar-refractivity contribution in [3.63, 3.8) is 0 Å². The van der Waals surface area contributed by atoms with E-state index < -0.39 is 21.5 Å². The highest BCUT2D eigenvalue weighted by Gasteiger charge is 2.45. The number of carbonyl (C=O) groups is 1. The van der Waals surface area contributed by atoms with E-state index in [4.69, 9.17) is 11.6 Å². The second-order valence-corrected chi connectivity index (χ2v) is 6.63. The first-order valence-corrected chi connectivity index (χ1v) is 7.59. The zero-order valence-electron chi connectivity index (χ0n) is 10.3. The molecule has 1 heterocycles. The number of hydrogen-bond donors (Lipinski definition) is 2. The van der Waals surface area contributed by atoms with E-state index in [1.807, 2.05) is 0 Å². The van der Waals surface area contributed by atoms with Gasteiger partial charge in [0.05, 0.1) is 11.2 Å². The van der Waals surface area contributed by atoms with Crippen LogP contribution in [0.2, 0.25) is 5.02 Å². The Labute approximate surface area is 115 Å². The molecule has 0 spiro atoms. The van der Waals surface area contributed by atoms with Crippen LogP contribution in [-0.2, 0) is 21.9 Å². The summed E-state index contributed by atoms with van der Waals surface area (Å²) in [6.07, 6.45) is 3.11. The Morgan fingerprint density at radius 3 is 2.53 bits per heavy atom. The summed E-state index contributed by atoms with van der Waals surface area (Å²) in [7, 11) is -2.59.